The molecule has 1 aromatic rings. The molecule has 1 aliphatic rings. The second-order valence-corrected chi connectivity index (χ2v) is 5.40. The van der Waals surface area contributed by atoms with Gasteiger partial charge in [-0.15, -0.1) is 0 Å². The second kappa shape index (κ2) is 6.20. The molecule has 1 heterocycles. The van der Waals surface area contributed by atoms with Gasteiger partial charge in [0.25, 0.3) is 0 Å². The van der Waals surface area contributed by atoms with E-state index in [4.69, 9.17) is 8.92 Å². The van der Waals surface area contributed by atoms with E-state index in [0.717, 1.165) is 31.3 Å². The Bertz CT molecular complexity index is 466. The molecule has 0 saturated carbocycles. The van der Waals surface area contributed by atoms with E-state index in [1.165, 1.54) is 0 Å². The second-order valence-electron chi connectivity index (χ2n) is 3.83. The average molecular weight is 265 g/mol. The van der Waals surface area contributed by atoms with Crippen LogP contribution in [0.5, 0.6) is 5.75 Å². The van der Waals surface area contributed by atoms with Crippen molar-refractivity contribution in [2.45, 2.75) is 18.9 Å². The van der Waals surface area contributed by atoms with Crippen LogP contribution in [0.4, 0.5) is 0 Å². The molecule has 17 heavy (non-hydrogen) atoms. The summed E-state index contributed by atoms with van der Waals surface area (Å²) < 4.78 is 32.7. The van der Waals surface area contributed by atoms with Gasteiger partial charge in [-0.2, -0.15) is 8.42 Å². The Labute approximate surface area is 124 Å². The van der Waals surface area contributed by atoms with Gasteiger partial charge in [0, 0.05) is 41.7 Å². The summed E-state index contributed by atoms with van der Waals surface area (Å²) in [6, 6.07) is 7.10. The molecule has 1 unspecified atom stereocenters. The number of rotatable bonds is 3. The molecule has 0 N–H and O–H groups in total. The summed E-state index contributed by atoms with van der Waals surface area (Å²) in [7, 11) is -3.48. The summed E-state index contributed by atoms with van der Waals surface area (Å²) in [5.41, 5.74) is 0.811. The number of para-hydroxylation sites is 1. The molecule has 4 nitrogen and oxygen atoms in total. The fraction of sp³-hybridized carbons (Fsp3) is 0.455. The SMILES string of the molecule is CS(=O)(=O)Oc1ccccc1C1CCCO1.[Na]. The Morgan fingerprint density at radius 3 is 2.65 bits per heavy atom. The minimum absolute atomic E-state index is 0. The van der Waals surface area contributed by atoms with Gasteiger partial charge in [0.1, 0.15) is 5.75 Å². The van der Waals surface area contributed by atoms with E-state index in [0.29, 0.717) is 5.75 Å². The van der Waals surface area contributed by atoms with Gasteiger partial charge in [0.05, 0.1) is 12.4 Å². The van der Waals surface area contributed by atoms with Gasteiger partial charge in [0.15, 0.2) is 0 Å². The minimum atomic E-state index is -3.48. The van der Waals surface area contributed by atoms with Crippen molar-refractivity contribution < 1.29 is 17.3 Å². The van der Waals surface area contributed by atoms with Crippen LogP contribution in [0.25, 0.3) is 0 Å². The molecule has 0 spiro atoms. The van der Waals surface area contributed by atoms with Crippen molar-refractivity contribution in [2.24, 2.45) is 0 Å². The van der Waals surface area contributed by atoms with Gasteiger partial charge in [-0.3, -0.25) is 0 Å². The van der Waals surface area contributed by atoms with E-state index in [9.17, 15) is 8.42 Å². The van der Waals surface area contributed by atoms with Crippen molar-refractivity contribution in [2.75, 3.05) is 12.9 Å². The van der Waals surface area contributed by atoms with Gasteiger partial charge < -0.3 is 8.92 Å². The zero-order valence-corrected chi connectivity index (χ0v) is 12.9. The fourth-order valence-corrected chi connectivity index (χ4v) is 2.29. The van der Waals surface area contributed by atoms with Gasteiger partial charge in [-0.1, -0.05) is 18.2 Å². The summed E-state index contributed by atoms with van der Waals surface area (Å²) in [5, 5.41) is 0. The summed E-state index contributed by atoms with van der Waals surface area (Å²) in [4.78, 5) is 0. The molecule has 1 aliphatic heterocycles. The number of benzene rings is 1. The topological polar surface area (TPSA) is 52.6 Å². The van der Waals surface area contributed by atoms with E-state index >= 15 is 0 Å². The minimum Gasteiger partial charge on any atom is -0.382 e. The first-order chi connectivity index (χ1) is 7.56. The van der Waals surface area contributed by atoms with Crippen LogP contribution in [0.2, 0.25) is 0 Å². The van der Waals surface area contributed by atoms with Crippen LogP contribution in [-0.2, 0) is 14.9 Å². The van der Waals surface area contributed by atoms with Gasteiger partial charge in [0.2, 0.25) is 0 Å². The third-order valence-electron chi connectivity index (χ3n) is 2.44. The van der Waals surface area contributed by atoms with Crippen LogP contribution in [0.3, 0.4) is 0 Å². The molecule has 1 saturated heterocycles. The zero-order valence-electron chi connectivity index (χ0n) is 10.0. The molecule has 89 valence electrons. The van der Waals surface area contributed by atoms with E-state index in [1.54, 1.807) is 12.1 Å². The summed E-state index contributed by atoms with van der Waals surface area (Å²) in [6.45, 7) is 0.720. The molecule has 2 rings (SSSR count). The van der Waals surface area contributed by atoms with Crippen molar-refractivity contribution in [1.29, 1.82) is 0 Å². The molecular formula is C11H14NaO4S. The molecule has 1 atom stereocenters. The molecule has 0 bridgehead atoms. The van der Waals surface area contributed by atoms with Crippen LogP contribution >= 0.6 is 0 Å². The number of hydrogen-bond donors (Lipinski definition) is 0. The maximum atomic E-state index is 11.1. The zero-order chi connectivity index (χ0) is 11.6. The van der Waals surface area contributed by atoms with Crippen molar-refractivity contribution in [3.8, 4) is 5.75 Å². The molecule has 6 heteroatoms. The Morgan fingerprint density at radius 2 is 2.06 bits per heavy atom. The van der Waals surface area contributed by atoms with Gasteiger partial charge in [-0.25, -0.2) is 0 Å². The third kappa shape index (κ3) is 4.26. The van der Waals surface area contributed by atoms with E-state index in [2.05, 4.69) is 0 Å². The molecule has 0 amide bonds. The van der Waals surface area contributed by atoms with Crippen LogP contribution in [-0.4, -0.2) is 50.8 Å². The largest absolute Gasteiger partial charge is 0.382 e. The Balaban J connectivity index is 0.00000144. The first kappa shape index (κ1) is 15.0. The third-order valence-corrected chi connectivity index (χ3v) is 2.92. The predicted octanol–water partition coefficient (Wildman–Crippen LogP) is 1.50. The Morgan fingerprint density at radius 1 is 1.35 bits per heavy atom. The van der Waals surface area contributed by atoms with E-state index < -0.39 is 10.1 Å². The molecule has 0 aromatic heterocycles. The standard InChI is InChI=1S/C11H14O4S.Na/c1-16(12,13)15-11-6-3-2-5-9(11)10-7-4-8-14-10;/h2-3,5-6,10H,4,7-8H2,1H3;. The fourth-order valence-electron chi connectivity index (χ4n) is 1.81. The Kier molecular flexibility index (Phi) is 5.47. The van der Waals surface area contributed by atoms with Crippen molar-refractivity contribution in [1.82, 2.24) is 0 Å². The van der Waals surface area contributed by atoms with Crippen LogP contribution in [0.15, 0.2) is 24.3 Å². The Hall–Kier alpha value is -0.0700. The molecule has 1 aromatic carbocycles. The molecular weight excluding hydrogens is 251 g/mol. The van der Waals surface area contributed by atoms with Crippen molar-refractivity contribution in [3.63, 3.8) is 0 Å². The maximum absolute atomic E-state index is 11.1. The summed E-state index contributed by atoms with van der Waals surface area (Å²) in [5.74, 6) is 0.372. The molecule has 0 aliphatic carbocycles. The van der Waals surface area contributed by atoms with E-state index in [1.807, 2.05) is 12.1 Å². The number of ether oxygens (including phenoxy) is 1. The van der Waals surface area contributed by atoms with Crippen molar-refractivity contribution in [3.05, 3.63) is 29.8 Å². The summed E-state index contributed by atoms with van der Waals surface area (Å²) in [6.07, 6.45) is 2.90. The van der Waals surface area contributed by atoms with Crippen LogP contribution < -0.4 is 4.18 Å². The van der Waals surface area contributed by atoms with Crippen LogP contribution in [0.1, 0.15) is 24.5 Å². The molecule has 1 radical (unpaired) electrons. The van der Waals surface area contributed by atoms with E-state index in [-0.39, 0.29) is 35.7 Å². The van der Waals surface area contributed by atoms with Crippen LogP contribution in [0, 0.1) is 0 Å². The van der Waals surface area contributed by atoms with Gasteiger partial charge >= 0.3 is 10.1 Å². The quantitative estimate of drug-likeness (QED) is 0.614. The monoisotopic (exact) mass is 265 g/mol. The average Bonchev–Trinajstić information content (AvgIpc) is 2.69. The smallest absolute Gasteiger partial charge is 0.306 e. The molecule has 1 fully saturated rings. The first-order valence-corrected chi connectivity index (χ1v) is 6.98. The first-order valence-electron chi connectivity index (χ1n) is 5.16. The number of hydrogen-bond acceptors (Lipinski definition) is 4. The normalized spacial score (nSPS) is 19.7. The maximum Gasteiger partial charge on any atom is 0.306 e. The van der Waals surface area contributed by atoms with Crippen molar-refractivity contribution >= 4 is 39.7 Å². The summed E-state index contributed by atoms with van der Waals surface area (Å²) >= 11 is 0. The predicted molar refractivity (Wildman–Crippen MR) is 65.6 cm³/mol. The van der Waals surface area contributed by atoms with Gasteiger partial charge in [-0.05, 0) is 18.9 Å².